The maximum atomic E-state index is 4.38. The number of thiazole rings is 1. The van der Waals surface area contributed by atoms with Gasteiger partial charge in [-0.25, -0.2) is 4.98 Å². The van der Waals surface area contributed by atoms with E-state index in [1.54, 1.807) is 0 Å². The molecule has 0 bridgehead atoms. The van der Waals surface area contributed by atoms with E-state index < -0.39 is 0 Å². The number of aryl methyl sites for hydroxylation is 2. The van der Waals surface area contributed by atoms with Gasteiger partial charge in [0.2, 0.25) is 0 Å². The maximum absolute atomic E-state index is 4.38. The molecular weight excluding hydrogens is 158 g/mol. The van der Waals surface area contributed by atoms with Crippen molar-refractivity contribution >= 4 is 24.6 Å². The molecule has 0 fully saturated rings. The molecule has 0 saturated carbocycles. The van der Waals surface area contributed by atoms with Crippen molar-refractivity contribution in [2.45, 2.75) is 26.9 Å². The first-order chi connectivity index (χ1) is 4.61. The van der Waals surface area contributed by atoms with Gasteiger partial charge >= 0.3 is 0 Å². The lowest BCUT2D eigenvalue weighted by molar-refractivity contribution is 1.21. The number of hydrogen-bond acceptors (Lipinski definition) is 2. The lowest BCUT2D eigenvalue weighted by Crippen LogP contribution is -2.21. The second kappa shape index (κ2) is 2.84. The molecule has 3 heteroatoms. The highest BCUT2D eigenvalue weighted by atomic mass is 32.1. The molecule has 0 unspecified atom stereocenters. The highest BCUT2D eigenvalue weighted by molar-refractivity contribution is 7.23. The minimum absolute atomic E-state index is 0.265. The number of nitrogens with zero attached hydrogens (tertiary/aromatic N) is 1. The molecule has 0 saturated heterocycles. The van der Waals surface area contributed by atoms with Gasteiger partial charge in [0, 0.05) is 10.2 Å². The van der Waals surface area contributed by atoms with Crippen molar-refractivity contribution in [2.75, 3.05) is 0 Å². The first kappa shape index (κ1) is 7.95. The molecule has 0 N–H and O–H groups in total. The fourth-order valence-electron chi connectivity index (χ4n) is 0.995. The van der Waals surface area contributed by atoms with Gasteiger partial charge in [-0.05, 0) is 13.8 Å². The summed E-state index contributed by atoms with van der Waals surface area (Å²) in [7, 11) is -0.265. The van der Waals surface area contributed by atoms with Crippen LogP contribution in [0.2, 0.25) is 13.1 Å². The molecule has 0 atom stereocenters. The van der Waals surface area contributed by atoms with Crippen LogP contribution in [0.1, 0.15) is 10.7 Å². The van der Waals surface area contributed by atoms with E-state index in [0.717, 1.165) is 0 Å². The normalized spacial score (nSPS) is 10.9. The fourth-order valence-corrected chi connectivity index (χ4v) is 3.71. The molecule has 0 aliphatic rings. The average Bonchev–Trinajstić information content (AvgIpc) is 2.10. The second-order valence-corrected chi connectivity index (χ2v) is 6.71. The average molecular weight is 170 g/mol. The molecule has 0 aliphatic carbocycles. The van der Waals surface area contributed by atoms with Crippen LogP contribution in [0.3, 0.4) is 0 Å². The summed E-state index contributed by atoms with van der Waals surface area (Å²) in [5.74, 6) is 0. The van der Waals surface area contributed by atoms with Crippen LogP contribution in [0.5, 0.6) is 0 Å². The van der Waals surface area contributed by atoms with Crippen molar-refractivity contribution in [2.24, 2.45) is 0 Å². The molecule has 10 heavy (non-hydrogen) atoms. The van der Waals surface area contributed by atoms with Crippen LogP contribution in [0.4, 0.5) is 0 Å². The molecule has 1 heterocycles. The molecule has 1 aromatic heterocycles. The Balaban J connectivity index is 3.03. The molecule has 0 spiro atoms. The second-order valence-electron chi connectivity index (χ2n) is 2.65. The molecule has 0 amide bonds. The van der Waals surface area contributed by atoms with Gasteiger partial charge in [-0.2, -0.15) is 0 Å². The molecule has 0 aliphatic heterocycles. The summed E-state index contributed by atoms with van der Waals surface area (Å²) in [6.07, 6.45) is 0. The molecule has 1 nitrogen and oxygen atoms in total. The lowest BCUT2D eigenvalue weighted by Gasteiger charge is -1.96. The van der Waals surface area contributed by atoms with E-state index in [4.69, 9.17) is 0 Å². The summed E-state index contributed by atoms with van der Waals surface area (Å²) in [5.41, 5.74) is 1.25. The van der Waals surface area contributed by atoms with Gasteiger partial charge in [-0.15, -0.1) is 11.3 Å². The van der Waals surface area contributed by atoms with Gasteiger partial charge in [0.1, 0.15) is 0 Å². The topological polar surface area (TPSA) is 12.9 Å². The minimum atomic E-state index is -0.265. The largest absolute Gasteiger partial charge is 0.247 e. The van der Waals surface area contributed by atoms with Gasteiger partial charge in [-0.3, -0.25) is 0 Å². The molecule has 0 aromatic carbocycles. The molecule has 1 aromatic rings. The Kier molecular flexibility index (Phi) is 2.26. The van der Waals surface area contributed by atoms with Crippen LogP contribution >= 0.6 is 11.3 Å². The van der Waals surface area contributed by atoms with E-state index in [-0.39, 0.29) is 8.80 Å². The SMILES string of the molecule is Cc1nc(C)c([Si](C)C)s1. The van der Waals surface area contributed by atoms with Crippen LogP contribution in [-0.4, -0.2) is 13.8 Å². The summed E-state index contributed by atoms with van der Waals surface area (Å²) < 4.78 is 1.53. The van der Waals surface area contributed by atoms with Crippen LogP contribution in [0.15, 0.2) is 0 Å². The Morgan fingerprint density at radius 2 is 1.90 bits per heavy atom. The number of rotatable bonds is 1. The summed E-state index contributed by atoms with van der Waals surface area (Å²) >= 11 is 1.86. The van der Waals surface area contributed by atoms with Crippen LogP contribution in [-0.2, 0) is 0 Å². The van der Waals surface area contributed by atoms with Crippen molar-refractivity contribution in [1.29, 1.82) is 0 Å². The highest BCUT2D eigenvalue weighted by Crippen LogP contribution is 2.05. The standard InChI is InChI=1S/C7H12NSSi/c1-5-7(10(3)4)9-6(2)8-5/h1-4H3. The summed E-state index contributed by atoms with van der Waals surface area (Å²) in [6, 6.07) is 0. The van der Waals surface area contributed by atoms with Gasteiger partial charge in [0.05, 0.1) is 13.8 Å². The van der Waals surface area contributed by atoms with E-state index in [2.05, 4.69) is 31.9 Å². The highest BCUT2D eigenvalue weighted by Gasteiger charge is 2.08. The van der Waals surface area contributed by atoms with Crippen molar-refractivity contribution < 1.29 is 0 Å². The van der Waals surface area contributed by atoms with Gasteiger partial charge in [0.25, 0.3) is 0 Å². The van der Waals surface area contributed by atoms with Crippen molar-refractivity contribution in [3.8, 4) is 0 Å². The number of hydrogen-bond donors (Lipinski definition) is 0. The predicted molar refractivity (Wildman–Crippen MR) is 48.7 cm³/mol. The van der Waals surface area contributed by atoms with Crippen molar-refractivity contribution in [3.05, 3.63) is 10.7 Å². The summed E-state index contributed by atoms with van der Waals surface area (Å²) in [4.78, 5) is 4.38. The number of aromatic nitrogens is 1. The van der Waals surface area contributed by atoms with Gasteiger partial charge in [-0.1, -0.05) is 13.1 Å². The smallest absolute Gasteiger partial charge is 0.0953 e. The Morgan fingerprint density at radius 1 is 1.30 bits per heavy atom. The lowest BCUT2D eigenvalue weighted by atomic mass is 10.6. The first-order valence-corrected chi connectivity index (χ1v) is 6.67. The third-order valence-electron chi connectivity index (χ3n) is 1.36. The third-order valence-corrected chi connectivity index (χ3v) is 5.04. The molecular formula is C7H12NSSi. The zero-order valence-electron chi connectivity index (χ0n) is 6.86. The third kappa shape index (κ3) is 1.46. The minimum Gasteiger partial charge on any atom is -0.247 e. The Hall–Kier alpha value is -0.153. The molecule has 1 rings (SSSR count). The van der Waals surface area contributed by atoms with Crippen LogP contribution in [0, 0.1) is 13.8 Å². The van der Waals surface area contributed by atoms with Crippen LogP contribution < -0.4 is 4.50 Å². The maximum Gasteiger partial charge on any atom is 0.0953 e. The van der Waals surface area contributed by atoms with Gasteiger partial charge < -0.3 is 0 Å². The monoisotopic (exact) mass is 170 g/mol. The zero-order chi connectivity index (χ0) is 7.72. The van der Waals surface area contributed by atoms with E-state index in [1.807, 2.05) is 11.3 Å². The first-order valence-electron chi connectivity index (χ1n) is 3.36. The quantitative estimate of drug-likeness (QED) is 0.585. The predicted octanol–water partition coefficient (Wildman–Crippen LogP) is 1.72. The summed E-state index contributed by atoms with van der Waals surface area (Å²) in [5, 5.41) is 1.21. The van der Waals surface area contributed by atoms with Crippen molar-refractivity contribution in [1.82, 2.24) is 4.98 Å². The molecule has 1 radical (unpaired) electrons. The van der Waals surface area contributed by atoms with E-state index in [0.29, 0.717) is 0 Å². The van der Waals surface area contributed by atoms with E-state index >= 15 is 0 Å². The Labute approximate surface area is 67.7 Å². The van der Waals surface area contributed by atoms with Gasteiger partial charge in [0.15, 0.2) is 0 Å². The van der Waals surface area contributed by atoms with Crippen molar-refractivity contribution in [3.63, 3.8) is 0 Å². The van der Waals surface area contributed by atoms with Crippen LogP contribution in [0.25, 0.3) is 0 Å². The fraction of sp³-hybridized carbons (Fsp3) is 0.571. The molecule has 55 valence electrons. The van der Waals surface area contributed by atoms with E-state index in [9.17, 15) is 0 Å². The Bertz CT molecular complexity index is 230. The van der Waals surface area contributed by atoms with E-state index in [1.165, 1.54) is 15.2 Å². The summed E-state index contributed by atoms with van der Waals surface area (Å²) in [6.45, 7) is 8.80. The zero-order valence-corrected chi connectivity index (χ0v) is 8.67. The Morgan fingerprint density at radius 3 is 2.10 bits per heavy atom.